The van der Waals surface area contributed by atoms with Crippen molar-refractivity contribution in [2.24, 2.45) is 0 Å². The van der Waals surface area contributed by atoms with Crippen molar-refractivity contribution >= 4 is 27.5 Å². The number of amides is 1. The summed E-state index contributed by atoms with van der Waals surface area (Å²) in [7, 11) is 0. The van der Waals surface area contributed by atoms with Gasteiger partial charge in [0.15, 0.2) is 0 Å². The minimum atomic E-state index is 0.222. The molecule has 14 heavy (non-hydrogen) atoms. The molecule has 2 rings (SSSR count). The van der Waals surface area contributed by atoms with Gasteiger partial charge in [0.2, 0.25) is 5.91 Å². The van der Waals surface area contributed by atoms with Gasteiger partial charge in [-0.05, 0) is 30.2 Å². The summed E-state index contributed by atoms with van der Waals surface area (Å²) in [5.41, 5.74) is 2.22. The van der Waals surface area contributed by atoms with E-state index in [1.165, 1.54) is 0 Å². The molecule has 1 aliphatic heterocycles. The topological polar surface area (TPSA) is 20.3 Å². The second-order valence-electron chi connectivity index (χ2n) is 3.50. The lowest BCUT2D eigenvalue weighted by Crippen LogP contribution is -2.27. The SMILES string of the molecule is CCCN1C(=O)Cc2cc(Br)ccc21. The van der Waals surface area contributed by atoms with Crippen molar-refractivity contribution in [2.75, 3.05) is 11.4 Å². The third kappa shape index (κ3) is 1.57. The van der Waals surface area contributed by atoms with Crippen LogP contribution in [-0.2, 0) is 11.2 Å². The summed E-state index contributed by atoms with van der Waals surface area (Å²) in [6.45, 7) is 2.91. The van der Waals surface area contributed by atoms with Crippen molar-refractivity contribution in [1.82, 2.24) is 0 Å². The van der Waals surface area contributed by atoms with E-state index < -0.39 is 0 Å². The first-order valence-corrected chi connectivity index (χ1v) is 5.60. The number of rotatable bonds is 2. The van der Waals surface area contributed by atoms with Crippen LogP contribution in [0.25, 0.3) is 0 Å². The zero-order chi connectivity index (χ0) is 10.1. The zero-order valence-electron chi connectivity index (χ0n) is 8.09. The molecular weight excluding hydrogens is 242 g/mol. The van der Waals surface area contributed by atoms with E-state index in [4.69, 9.17) is 0 Å². The molecule has 0 saturated carbocycles. The Balaban J connectivity index is 2.37. The van der Waals surface area contributed by atoms with Crippen molar-refractivity contribution in [3.63, 3.8) is 0 Å². The van der Waals surface area contributed by atoms with Gasteiger partial charge in [0, 0.05) is 16.7 Å². The molecule has 0 unspecified atom stereocenters. The highest BCUT2D eigenvalue weighted by Crippen LogP contribution is 2.31. The molecule has 3 heteroatoms. The Morgan fingerprint density at radius 3 is 3.00 bits per heavy atom. The molecule has 0 N–H and O–H groups in total. The molecule has 74 valence electrons. The number of hydrogen-bond acceptors (Lipinski definition) is 1. The molecule has 1 aliphatic rings. The first-order chi connectivity index (χ1) is 6.72. The van der Waals surface area contributed by atoms with Crippen LogP contribution in [0.5, 0.6) is 0 Å². The van der Waals surface area contributed by atoms with Crippen molar-refractivity contribution in [2.45, 2.75) is 19.8 Å². The summed E-state index contributed by atoms with van der Waals surface area (Å²) in [6, 6.07) is 6.03. The zero-order valence-corrected chi connectivity index (χ0v) is 9.67. The maximum atomic E-state index is 11.6. The number of halogens is 1. The summed E-state index contributed by atoms with van der Waals surface area (Å²) in [5.74, 6) is 0.222. The maximum Gasteiger partial charge on any atom is 0.231 e. The molecule has 0 bridgehead atoms. The Hall–Kier alpha value is -0.830. The van der Waals surface area contributed by atoms with Crippen molar-refractivity contribution in [1.29, 1.82) is 0 Å². The molecule has 0 aromatic heterocycles. The number of anilines is 1. The van der Waals surface area contributed by atoms with Crippen LogP contribution in [0.2, 0.25) is 0 Å². The standard InChI is InChI=1S/C11H12BrNO/c1-2-5-13-10-4-3-9(12)6-8(10)7-11(13)14/h3-4,6H,2,5,7H2,1H3. The fourth-order valence-electron chi connectivity index (χ4n) is 1.82. The van der Waals surface area contributed by atoms with Crippen molar-refractivity contribution in [3.8, 4) is 0 Å². The third-order valence-corrected chi connectivity index (χ3v) is 2.92. The summed E-state index contributed by atoms with van der Waals surface area (Å²) in [6.07, 6.45) is 1.55. The minimum absolute atomic E-state index is 0.222. The lowest BCUT2D eigenvalue weighted by molar-refractivity contribution is -0.117. The Morgan fingerprint density at radius 1 is 1.50 bits per heavy atom. The average molecular weight is 254 g/mol. The monoisotopic (exact) mass is 253 g/mol. The van der Waals surface area contributed by atoms with Crippen LogP contribution in [0, 0.1) is 0 Å². The van der Waals surface area contributed by atoms with E-state index in [0.29, 0.717) is 6.42 Å². The van der Waals surface area contributed by atoms with Gasteiger partial charge in [-0.1, -0.05) is 22.9 Å². The number of hydrogen-bond donors (Lipinski definition) is 0. The smallest absolute Gasteiger partial charge is 0.231 e. The Bertz CT molecular complexity index is 376. The minimum Gasteiger partial charge on any atom is -0.312 e. The highest BCUT2D eigenvalue weighted by Gasteiger charge is 2.25. The van der Waals surface area contributed by atoms with Gasteiger partial charge in [-0.15, -0.1) is 0 Å². The fourth-order valence-corrected chi connectivity index (χ4v) is 2.23. The van der Waals surface area contributed by atoms with E-state index >= 15 is 0 Å². The van der Waals surface area contributed by atoms with Gasteiger partial charge in [0.1, 0.15) is 0 Å². The number of carbonyl (C=O) groups excluding carboxylic acids is 1. The van der Waals surface area contributed by atoms with Gasteiger partial charge in [-0.2, -0.15) is 0 Å². The van der Waals surface area contributed by atoms with Gasteiger partial charge < -0.3 is 4.90 Å². The lowest BCUT2D eigenvalue weighted by atomic mass is 10.2. The highest BCUT2D eigenvalue weighted by molar-refractivity contribution is 9.10. The van der Waals surface area contributed by atoms with Crippen LogP contribution in [0.3, 0.4) is 0 Å². The molecule has 1 aromatic carbocycles. The third-order valence-electron chi connectivity index (χ3n) is 2.42. The fraction of sp³-hybridized carbons (Fsp3) is 0.364. The normalized spacial score (nSPS) is 14.7. The number of benzene rings is 1. The predicted octanol–water partition coefficient (Wildman–Crippen LogP) is 2.75. The number of fused-ring (bicyclic) bond motifs is 1. The highest BCUT2D eigenvalue weighted by atomic mass is 79.9. The maximum absolute atomic E-state index is 11.6. The first-order valence-electron chi connectivity index (χ1n) is 4.81. The largest absolute Gasteiger partial charge is 0.312 e. The molecule has 0 aliphatic carbocycles. The van der Waals surface area contributed by atoms with E-state index in [-0.39, 0.29) is 5.91 Å². The Kier molecular flexibility index (Phi) is 2.59. The molecule has 1 heterocycles. The van der Waals surface area contributed by atoms with E-state index in [9.17, 15) is 4.79 Å². The predicted molar refractivity (Wildman–Crippen MR) is 60.5 cm³/mol. The molecule has 1 aromatic rings. The van der Waals surface area contributed by atoms with Gasteiger partial charge in [-0.25, -0.2) is 0 Å². The van der Waals surface area contributed by atoms with Gasteiger partial charge in [0.25, 0.3) is 0 Å². The van der Waals surface area contributed by atoms with E-state index in [1.807, 2.05) is 23.1 Å². The van der Waals surface area contributed by atoms with Gasteiger partial charge >= 0.3 is 0 Å². The summed E-state index contributed by atoms with van der Waals surface area (Å²) >= 11 is 3.41. The summed E-state index contributed by atoms with van der Waals surface area (Å²) in [4.78, 5) is 13.5. The van der Waals surface area contributed by atoms with Crippen LogP contribution in [0.1, 0.15) is 18.9 Å². The quantitative estimate of drug-likeness (QED) is 0.794. The Morgan fingerprint density at radius 2 is 2.29 bits per heavy atom. The van der Waals surface area contributed by atoms with E-state index in [0.717, 1.165) is 28.7 Å². The summed E-state index contributed by atoms with van der Waals surface area (Å²) in [5, 5.41) is 0. The molecule has 0 saturated heterocycles. The Labute approximate surface area is 92.0 Å². The van der Waals surface area contributed by atoms with Crippen LogP contribution in [0.15, 0.2) is 22.7 Å². The molecule has 0 atom stereocenters. The molecule has 2 nitrogen and oxygen atoms in total. The second kappa shape index (κ2) is 3.73. The van der Waals surface area contributed by atoms with Gasteiger partial charge in [-0.3, -0.25) is 4.79 Å². The molecule has 0 spiro atoms. The summed E-state index contributed by atoms with van der Waals surface area (Å²) < 4.78 is 1.04. The second-order valence-corrected chi connectivity index (χ2v) is 4.41. The van der Waals surface area contributed by atoms with Crippen molar-refractivity contribution in [3.05, 3.63) is 28.2 Å². The number of nitrogens with zero attached hydrogens (tertiary/aromatic N) is 1. The van der Waals surface area contributed by atoms with Crippen LogP contribution in [0.4, 0.5) is 5.69 Å². The van der Waals surface area contributed by atoms with Crippen LogP contribution >= 0.6 is 15.9 Å². The first kappa shape index (κ1) is 9.71. The molecule has 0 fully saturated rings. The molecular formula is C11H12BrNO. The van der Waals surface area contributed by atoms with Crippen LogP contribution < -0.4 is 4.90 Å². The van der Waals surface area contributed by atoms with Gasteiger partial charge in [0.05, 0.1) is 6.42 Å². The molecule has 1 amide bonds. The van der Waals surface area contributed by atoms with Crippen molar-refractivity contribution < 1.29 is 4.79 Å². The van der Waals surface area contributed by atoms with Crippen LogP contribution in [-0.4, -0.2) is 12.5 Å². The van der Waals surface area contributed by atoms with E-state index in [1.54, 1.807) is 0 Å². The molecule has 0 radical (unpaired) electrons. The number of carbonyl (C=O) groups is 1. The average Bonchev–Trinajstić information content (AvgIpc) is 2.43. The van der Waals surface area contributed by atoms with E-state index in [2.05, 4.69) is 22.9 Å². The lowest BCUT2D eigenvalue weighted by Gasteiger charge is -2.15.